The van der Waals surface area contributed by atoms with Gasteiger partial charge in [-0.1, -0.05) is 0 Å². The molecule has 0 bridgehead atoms. The van der Waals surface area contributed by atoms with Crippen LogP contribution >= 0.6 is 0 Å². The zero-order chi connectivity index (χ0) is 12.3. The predicted molar refractivity (Wildman–Crippen MR) is 80.3 cm³/mol. The van der Waals surface area contributed by atoms with Gasteiger partial charge in [-0.2, -0.15) is 0 Å². The van der Waals surface area contributed by atoms with Gasteiger partial charge in [0.2, 0.25) is 0 Å². The summed E-state index contributed by atoms with van der Waals surface area (Å²) in [5.74, 6) is 0. The van der Waals surface area contributed by atoms with Crippen molar-refractivity contribution in [3.8, 4) is 0 Å². The maximum atomic E-state index is 2.39. The first-order chi connectivity index (χ1) is 8.34. The summed E-state index contributed by atoms with van der Waals surface area (Å²) in [6.45, 7) is 4.68. The molecule has 0 saturated carbocycles. The van der Waals surface area contributed by atoms with Gasteiger partial charge in [0.05, 0.1) is 0 Å². The van der Waals surface area contributed by atoms with Crippen LogP contribution in [-0.4, -0.2) is 29.9 Å². The van der Waals surface area contributed by atoms with Crippen molar-refractivity contribution in [2.24, 2.45) is 0 Å². The normalized spacial score (nSPS) is 12.6. The zero-order valence-corrected chi connectivity index (χ0v) is 14.4. The van der Waals surface area contributed by atoms with E-state index in [9.17, 15) is 0 Å². The topological polar surface area (TPSA) is 0 Å². The van der Waals surface area contributed by atoms with Crippen molar-refractivity contribution in [3.05, 3.63) is 35.9 Å². The second-order valence-corrected chi connectivity index (χ2v) is 9.85. The molecule has 1 atom stereocenters. The Kier molecular flexibility index (Phi) is 9.20. The van der Waals surface area contributed by atoms with E-state index in [-0.39, 0.29) is 0 Å². The Balaban J connectivity index is 2.03. The van der Waals surface area contributed by atoms with E-state index in [1.54, 1.807) is 0 Å². The second-order valence-electron chi connectivity index (χ2n) is 4.24. The molecule has 17 heavy (non-hydrogen) atoms. The molecule has 1 unspecified atom stereocenters. The summed E-state index contributed by atoms with van der Waals surface area (Å²) >= 11 is 1.73. The van der Waals surface area contributed by atoms with Crippen molar-refractivity contribution in [3.63, 3.8) is 0 Å². The van der Waals surface area contributed by atoms with E-state index < -0.39 is 0 Å². The standard InChI is InChI=1S/C15H24Se2/c1-3-4-11-16-12-8-13-17-14(2)15-9-6-5-7-10-15/h5-7,9-10,14H,3-4,8,11-13H2,1-2H3. The van der Waals surface area contributed by atoms with Gasteiger partial charge in [0.25, 0.3) is 0 Å². The number of benzene rings is 1. The molecular weight excluding hydrogens is 338 g/mol. The molecule has 0 aliphatic carbocycles. The second kappa shape index (κ2) is 10.2. The fraction of sp³-hybridized carbons (Fsp3) is 0.600. The van der Waals surface area contributed by atoms with Crippen LogP contribution in [0, 0.1) is 0 Å². The van der Waals surface area contributed by atoms with Crippen LogP contribution in [0.2, 0.25) is 16.0 Å². The molecule has 0 heterocycles. The van der Waals surface area contributed by atoms with Gasteiger partial charge in [-0.15, -0.1) is 0 Å². The minimum atomic E-state index is 0.794. The maximum absolute atomic E-state index is 2.39. The molecule has 0 radical (unpaired) electrons. The van der Waals surface area contributed by atoms with Crippen molar-refractivity contribution in [2.75, 3.05) is 0 Å². The van der Waals surface area contributed by atoms with Crippen LogP contribution in [0.5, 0.6) is 0 Å². The number of rotatable bonds is 9. The monoisotopic (exact) mass is 364 g/mol. The summed E-state index contributed by atoms with van der Waals surface area (Å²) in [6.07, 6.45) is 4.29. The summed E-state index contributed by atoms with van der Waals surface area (Å²) in [5, 5.41) is 4.48. The summed E-state index contributed by atoms with van der Waals surface area (Å²) in [4.78, 5) is 0.798. The molecule has 0 aliphatic heterocycles. The Morgan fingerprint density at radius 3 is 2.41 bits per heavy atom. The molecule has 0 amide bonds. The first-order valence-electron chi connectivity index (χ1n) is 6.59. The van der Waals surface area contributed by atoms with Crippen LogP contribution < -0.4 is 0 Å². The van der Waals surface area contributed by atoms with Gasteiger partial charge in [0.1, 0.15) is 0 Å². The Morgan fingerprint density at radius 1 is 1.00 bits per heavy atom. The van der Waals surface area contributed by atoms with Gasteiger partial charge in [0.15, 0.2) is 0 Å². The average molecular weight is 362 g/mol. The molecule has 0 nitrogen and oxygen atoms in total. The molecule has 0 N–H and O–H groups in total. The Morgan fingerprint density at radius 2 is 1.71 bits per heavy atom. The third kappa shape index (κ3) is 7.31. The van der Waals surface area contributed by atoms with Crippen LogP contribution in [0.3, 0.4) is 0 Å². The fourth-order valence-corrected chi connectivity index (χ4v) is 6.84. The third-order valence-electron chi connectivity index (χ3n) is 2.71. The van der Waals surface area contributed by atoms with Crippen LogP contribution in [0.1, 0.15) is 43.5 Å². The molecule has 0 saturated heterocycles. The first-order valence-corrected chi connectivity index (χ1v) is 11.2. The SMILES string of the molecule is CCCC[Se]CCC[Se]C(C)c1ccccc1. The van der Waals surface area contributed by atoms with Crippen LogP contribution in [0.15, 0.2) is 30.3 Å². The van der Waals surface area contributed by atoms with Crippen molar-refractivity contribution >= 4 is 29.9 Å². The Hall–Kier alpha value is 0.259. The molecule has 0 spiro atoms. The molecule has 2 heteroatoms. The number of hydrogen-bond acceptors (Lipinski definition) is 0. The zero-order valence-electron chi connectivity index (χ0n) is 11.0. The van der Waals surface area contributed by atoms with E-state index in [0.717, 1.165) is 34.7 Å². The van der Waals surface area contributed by atoms with Crippen molar-refractivity contribution < 1.29 is 0 Å². The van der Waals surface area contributed by atoms with E-state index in [1.807, 2.05) is 0 Å². The van der Waals surface area contributed by atoms with Gasteiger partial charge in [0, 0.05) is 0 Å². The van der Waals surface area contributed by atoms with Gasteiger partial charge in [-0.25, -0.2) is 0 Å². The van der Waals surface area contributed by atoms with Crippen LogP contribution in [-0.2, 0) is 0 Å². The Bertz CT molecular complexity index is 272. The molecular formula is C15H24Se2. The first kappa shape index (κ1) is 15.3. The van der Waals surface area contributed by atoms with Gasteiger partial charge >= 0.3 is 120 Å². The van der Waals surface area contributed by atoms with E-state index in [1.165, 1.54) is 40.8 Å². The molecule has 0 aromatic heterocycles. The van der Waals surface area contributed by atoms with E-state index >= 15 is 0 Å². The quantitative estimate of drug-likeness (QED) is 0.445. The van der Waals surface area contributed by atoms with Crippen molar-refractivity contribution in [1.82, 2.24) is 0 Å². The summed E-state index contributed by atoms with van der Waals surface area (Å²) in [6, 6.07) is 11.0. The van der Waals surface area contributed by atoms with Crippen molar-refractivity contribution in [2.45, 2.75) is 53.9 Å². The Labute approximate surface area is 119 Å². The molecule has 0 fully saturated rings. The molecule has 1 aromatic rings. The van der Waals surface area contributed by atoms with E-state index in [4.69, 9.17) is 0 Å². The van der Waals surface area contributed by atoms with E-state index in [2.05, 4.69) is 44.2 Å². The number of hydrogen-bond donors (Lipinski definition) is 0. The summed E-state index contributed by atoms with van der Waals surface area (Å²) in [5.41, 5.74) is 1.53. The fourth-order valence-electron chi connectivity index (χ4n) is 1.59. The van der Waals surface area contributed by atoms with Crippen molar-refractivity contribution in [1.29, 1.82) is 0 Å². The molecule has 96 valence electrons. The predicted octanol–water partition coefficient (Wildman–Crippen LogP) is 4.60. The summed E-state index contributed by atoms with van der Waals surface area (Å²) < 4.78 is 0. The third-order valence-corrected chi connectivity index (χ3v) is 7.85. The van der Waals surface area contributed by atoms with Crippen LogP contribution in [0.25, 0.3) is 0 Å². The molecule has 1 aromatic carbocycles. The minimum absolute atomic E-state index is 0.794. The van der Waals surface area contributed by atoms with Crippen LogP contribution in [0.4, 0.5) is 0 Å². The molecule has 0 aliphatic rings. The van der Waals surface area contributed by atoms with Gasteiger partial charge in [-0.3, -0.25) is 0 Å². The van der Waals surface area contributed by atoms with E-state index in [0.29, 0.717) is 0 Å². The van der Waals surface area contributed by atoms with Gasteiger partial charge < -0.3 is 0 Å². The number of unbranched alkanes of at least 4 members (excludes halogenated alkanes) is 1. The average Bonchev–Trinajstić information content (AvgIpc) is 2.38. The molecule has 1 rings (SSSR count). The summed E-state index contributed by atoms with van der Waals surface area (Å²) in [7, 11) is 0. The van der Waals surface area contributed by atoms with Gasteiger partial charge in [-0.05, 0) is 0 Å².